The fourth-order valence-electron chi connectivity index (χ4n) is 5.79. The molecule has 0 atom stereocenters. The van der Waals surface area contributed by atoms with Crippen molar-refractivity contribution in [3.8, 4) is 17.0 Å². The number of hydrogen-bond donors (Lipinski definition) is 1. The van der Waals surface area contributed by atoms with Gasteiger partial charge in [-0.15, -0.1) is 0 Å². The standard InChI is InChI=1S/C29H34F2N6O/c1-18(2)37-12-13-38-29-22(30)14-20(15-25(29)37)27-23(31)17-33-26(34-27)16-19-4-5-24(28-21(19)6-7-32-28)36-10-8-35(3)9-11-36/h4-5,14-15,17-18,32H,6-13,16H2,1-3H3. The molecule has 0 amide bonds. The van der Waals surface area contributed by atoms with Crippen LogP contribution < -0.4 is 19.9 Å². The van der Waals surface area contributed by atoms with Crippen molar-refractivity contribution in [3.05, 3.63) is 59.0 Å². The van der Waals surface area contributed by atoms with Gasteiger partial charge in [-0.05, 0) is 56.6 Å². The summed E-state index contributed by atoms with van der Waals surface area (Å²) >= 11 is 0. The molecule has 3 aliphatic rings. The number of piperazine rings is 1. The molecule has 1 aromatic heterocycles. The SMILES string of the molecule is CC(C)N1CCOc2c(F)cc(-c3nc(Cc4ccc(N5CCN(C)CC5)c5c4CCN5)ncc3F)cc21. The van der Waals surface area contributed by atoms with E-state index < -0.39 is 11.6 Å². The van der Waals surface area contributed by atoms with Gasteiger partial charge >= 0.3 is 0 Å². The normalized spacial score (nSPS) is 17.3. The molecule has 3 aliphatic heterocycles. The highest BCUT2D eigenvalue weighted by atomic mass is 19.1. The Morgan fingerprint density at radius 2 is 1.84 bits per heavy atom. The summed E-state index contributed by atoms with van der Waals surface area (Å²) in [5, 5.41) is 3.58. The number of likely N-dealkylation sites (N-methyl/N-ethyl adjacent to an activating group) is 1. The summed E-state index contributed by atoms with van der Waals surface area (Å²) in [7, 11) is 2.16. The zero-order chi connectivity index (χ0) is 26.4. The Hall–Kier alpha value is -3.46. The average molecular weight is 521 g/mol. The number of ether oxygens (including phenoxy) is 1. The summed E-state index contributed by atoms with van der Waals surface area (Å²) < 4.78 is 35.7. The molecule has 0 bridgehead atoms. The number of rotatable bonds is 5. The van der Waals surface area contributed by atoms with Crippen molar-refractivity contribution in [2.45, 2.75) is 32.7 Å². The number of anilines is 3. The van der Waals surface area contributed by atoms with Crippen LogP contribution >= 0.6 is 0 Å². The minimum Gasteiger partial charge on any atom is -0.486 e. The first-order valence-electron chi connectivity index (χ1n) is 13.5. The lowest BCUT2D eigenvalue weighted by Crippen LogP contribution is -2.44. The number of fused-ring (bicyclic) bond motifs is 2. The molecule has 0 radical (unpaired) electrons. The number of hydrogen-bond acceptors (Lipinski definition) is 7. The first kappa shape index (κ1) is 24.9. The smallest absolute Gasteiger partial charge is 0.178 e. The molecule has 2 aromatic carbocycles. The van der Waals surface area contributed by atoms with Crippen LogP contribution in [0.3, 0.4) is 0 Å². The maximum atomic E-state index is 15.1. The maximum Gasteiger partial charge on any atom is 0.178 e. The third-order valence-electron chi connectivity index (χ3n) is 7.86. The molecule has 1 N–H and O–H groups in total. The van der Waals surface area contributed by atoms with Crippen LogP contribution in [0.1, 0.15) is 30.8 Å². The quantitative estimate of drug-likeness (QED) is 0.537. The van der Waals surface area contributed by atoms with E-state index in [1.807, 2.05) is 13.8 Å². The molecule has 1 saturated heterocycles. The zero-order valence-electron chi connectivity index (χ0n) is 22.2. The van der Waals surface area contributed by atoms with Gasteiger partial charge in [-0.25, -0.2) is 18.7 Å². The minimum absolute atomic E-state index is 0.106. The van der Waals surface area contributed by atoms with Crippen LogP contribution in [-0.4, -0.2) is 73.8 Å². The van der Waals surface area contributed by atoms with Crippen molar-refractivity contribution in [2.75, 3.05) is 68.0 Å². The molecule has 7 nitrogen and oxygen atoms in total. The van der Waals surface area contributed by atoms with Gasteiger partial charge in [0, 0.05) is 50.7 Å². The summed E-state index contributed by atoms with van der Waals surface area (Å²) in [5.41, 5.74) is 5.98. The number of nitrogens with one attached hydrogen (secondary N) is 1. The van der Waals surface area contributed by atoms with Gasteiger partial charge in [0.2, 0.25) is 0 Å². The molecule has 3 aromatic rings. The number of halogens is 2. The van der Waals surface area contributed by atoms with E-state index in [0.717, 1.165) is 44.7 Å². The van der Waals surface area contributed by atoms with Crippen molar-refractivity contribution < 1.29 is 13.5 Å². The van der Waals surface area contributed by atoms with E-state index in [4.69, 9.17) is 4.74 Å². The van der Waals surface area contributed by atoms with Gasteiger partial charge in [-0.2, -0.15) is 0 Å². The Balaban J connectivity index is 1.32. The summed E-state index contributed by atoms with van der Waals surface area (Å²) in [6, 6.07) is 7.58. The van der Waals surface area contributed by atoms with Crippen molar-refractivity contribution in [2.24, 2.45) is 0 Å². The minimum atomic E-state index is -0.571. The zero-order valence-corrected chi connectivity index (χ0v) is 22.2. The lowest BCUT2D eigenvalue weighted by Gasteiger charge is -2.35. The second-order valence-corrected chi connectivity index (χ2v) is 10.7. The van der Waals surface area contributed by atoms with Crippen LogP contribution in [-0.2, 0) is 12.8 Å². The molecule has 0 spiro atoms. The number of nitrogens with zero attached hydrogens (tertiary/aromatic N) is 5. The van der Waals surface area contributed by atoms with Crippen LogP contribution in [0, 0.1) is 11.6 Å². The molecule has 0 unspecified atom stereocenters. The topological polar surface area (TPSA) is 56.8 Å². The van der Waals surface area contributed by atoms with Gasteiger partial charge < -0.3 is 24.8 Å². The van der Waals surface area contributed by atoms with Gasteiger partial charge in [-0.1, -0.05) is 6.07 Å². The largest absolute Gasteiger partial charge is 0.486 e. The predicted molar refractivity (Wildman–Crippen MR) is 147 cm³/mol. The van der Waals surface area contributed by atoms with Crippen molar-refractivity contribution >= 4 is 17.1 Å². The van der Waals surface area contributed by atoms with E-state index in [2.05, 4.69) is 49.2 Å². The Morgan fingerprint density at radius 1 is 1.03 bits per heavy atom. The highest BCUT2D eigenvalue weighted by molar-refractivity contribution is 5.78. The second-order valence-electron chi connectivity index (χ2n) is 10.7. The summed E-state index contributed by atoms with van der Waals surface area (Å²) in [6.45, 7) is 10.2. The van der Waals surface area contributed by atoms with Gasteiger partial charge in [0.05, 0.1) is 29.8 Å². The Morgan fingerprint density at radius 3 is 2.63 bits per heavy atom. The van der Waals surface area contributed by atoms with Gasteiger partial charge in [0.25, 0.3) is 0 Å². The lowest BCUT2D eigenvalue weighted by atomic mass is 9.99. The lowest BCUT2D eigenvalue weighted by molar-refractivity contribution is 0.287. The molecule has 200 valence electrons. The highest BCUT2D eigenvalue weighted by Gasteiger charge is 2.27. The number of aromatic nitrogens is 2. The Kier molecular flexibility index (Phi) is 6.55. The average Bonchev–Trinajstić information content (AvgIpc) is 3.41. The third kappa shape index (κ3) is 4.53. The maximum absolute atomic E-state index is 15.1. The van der Waals surface area contributed by atoms with Crippen molar-refractivity contribution in [1.82, 2.24) is 14.9 Å². The van der Waals surface area contributed by atoms with Crippen LogP contribution in [0.15, 0.2) is 30.5 Å². The van der Waals surface area contributed by atoms with Crippen molar-refractivity contribution in [3.63, 3.8) is 0 Å². The fraction of sp³-hybridized carbons (Fsp3) is 0.448. The van der Waals surface area contributed by atoms with E-state index in [1.54, 1.807) is 6.07 Å². The molecule has 4 heterocycles. The molecular formula is C29H34F2N6O. The molecular weight excluding hydrogens is 486 g/mol. The predicted octanol–water partition coefficient (Wildman–Crippen LogP) is 4.34. The summed E-state index contributed by atoms with van der Waals surface area (Å²) in [5.74, 6) is -0.353. The van der Waals surface area contributed by atoms with E-state index in [1.165, 1.54) is 29.2 Å². The molecule has 0 saturated carbocycles. The summed E-state index contributed by atoms with van der Waals surface area (Å²) in [4.78, 5) is 15.8. The van der Waals surface area contributed by atoms with E-state index >= 15 is 8.78 Å². The van der Waals surface area contributed by atoms with Crippen LogP contribution in [0.25, 0.3) is 11.3 Å². The molecule has 38 heavy (non-hydrogen) atoms. The second kappa shape index (κ2) is 10.0. The fourth-order valence-corrected chi connectivity index (χ4v) is 5.79. The number of benzene rings is 2. The Labute approximate surface area is 222 Å². The highest BCUT2D eigenvalue weighted by Crippen LogP contribution is 2.40. The van der Waals surface area contributed by atoms with Gasteiger partial charge in [0.1, 0.15) is 18.1 Å². The van der Waals surface area contributed by atoms with Crippen LogP contribution in [0.5, 0.6) is 5.75 Å². The van der Waals surface area contributed by atoms with E-state index in [0.29, 0.717) is 36.6 Å². The monoisotopic (exact) mass is 520 g/mol. The third-order valence-corrected chi connectivity index (χ3v) is 7.86. The van der Waals surface area contributed by atoms with Crippen LogP contribution in [0.4, 0.5) is 25.8 Å². The van der Waals surface area contributed by atoms with Gasteiger partial charge in [-0.3, -0.25) is 0 Å². The Bertz CT molecular complexity index is 1360. The van der Waals surface area contributed by atoms with Crippen molar-refractivity contribution in [1.29, 1.82) is 0 Å². The molecule has 6 rings (SSSR count). The van der Waals surface area contributed by atoms with Gasteiger partial charge in [0.15, 0.2) is 17.4 Å². The molecule has 9 heteroatoms. The first-order chi connectivity index (χ1) is 18.4. The molecule has 1 fully saturated rings. The summed E-state index contributed by atoms with van der Waals surface area (Å²) in [6.07, 6.45) is 2.61. The first-order valence-corrected chi connectivity index (χ1v) is 13.5. The van der Waals surface area contributed by atoms with Crippen LogP contribution in [0.2, 0.25) is 0 Å². The van der Waals surface area contributed by atoms with E-state index in [-0.39, 0.29) is 17.5 Å². The van der Waals surface area contributed by atoms with E-state index in [9.17, 15) is 0 Å². The molecule has 0 aliphatic carbocycles.